The molecule has 3 aromatic carbocycles. The molecule has 1 heterocycles. The monoisotopic (exact) mass is 440 g/mol. The highest BCUT2D eigenvalue weighted by atomic mass is 19.4. The number of carboxylic acids is 1. The summed E-state index contributed by atoms with van der Waals surface area (Å²) in [5.74, 6) is -1.44. The van der Waals surface area contributed by atoms with Gasteiger partial charge in [-0.3, -0.25) is 4.99 Å². The standard InChI is InChI=1S/C23H22N2.C2HF3O2/c1-17(18-11-5-2-6-12-18)23-24-21(19-13-7-3-8-14-19)22(25-23)20-15-9-4-10-16-20;3-2(4,5)1(6)7/h2-17,21-22H,1H3,(H,24,25);(H,6,7)/t17-,21-,22+;/m0./s1. The maximum atomic E-state index is 10.6. The average Bonchev–Trinajstić information content (AvgIpc) is 3.26. The molecule has 0 bridgehead atoms. The predicted molar refractivity (Wildman–Crippen MR) is 117 cm³/mol. The fourth-order valence-corrected chi connectivity index (χ4v) is 3.48. The Morgan fingerprint density at radius 1 is 0.875 bits per heavy atom. The quantitative estimate of drug-likeness (QED) is 0.530. The summed E-state index contributed by atoms with van der Waals surface area (Å²) in [5, 5.41) is 10.8. The molecule has 0 saturated heterocycles. The molecule has 0 aliphatic carbocycles. The number of hydrogen-bond donors (Lipinski definition) is 2. The van der Waals surface area contributed by atoms with Crippen molar-refractivity contribution in [2.45, 2.75) is 31.1 Å². The van der Waals surface area contributed by atoms with Crippen LogP contribution in [0.3, 0.4) is 0 Å². The maximum absolute atomic E-state index is 10.6. The Kier molecular flexibility index (Phi) is 7.30. The number of aliphatic carboxylic acids is 1. The first-order chi connectivity index (χ1) is 15.3. The van der Waals surface area contributed by atoms with E-state index in [0.29, 0.717) is 0 Å². The summed E-state index contributed by atoms with van der Waals surface area (Å²) >= 11 is 0. The van der Waals surface area contributed by atoms with E-state index in [1.54, 1.807) is 0 Å². The highest BCUT2D eigenvalue weighted by molar-refractivity contribution is 5.91. The van der Waals surface area contributed by atoms with E-state index in [2.05, 4.69) is 103 Å². The number of aliphatic imine (C=N–C) groups is 1. The zero-order valence-corrected chi connectivity index (χ0v) is 17.3. The minimum atomic E-state index is -5.08. The van der Waals surface area contributed by atoms with E-state index in [9.17, 15) is 13.2 Å². The summed E-state index contributed by atoms with van der Waals surface area (Å²) in [7, 11) is 0. The van der Waals surface area contributed by atoms with Gasteiger partial charge in [0, 0.05) is 5.92 Å². The number of carboxylic acid groups (broad SMARTS) is 1. The van der Waals surface area contributed by atoms with Crippen LogP contribution in [-0.4, -0.2) is 23.1 Å². The van der Waals surface area contributed by atoms with E-state index in [4.69, 9.17) is 14.9 Å². The first-order valence-corrected chi connectivity index (χ1v) is 10.1. The maximum Gasteiger partial charge on any atom is 0.490 e. The second-order valence-corrected chi connectivity index (χ2v) is 7.34. The number of benzene rings is 3. The predicted octanol–water partition coefficient (Wildman–Crippen LogP) is 5.91. The number of amidine groups is 1. The molecule has 0 unspecified atom stereocenters. The zero-order valence-electron chi connectivity index (χ0n) is 17.3. The van der Waals surface area contributed by atoms with Crippen LogP contribution in [0.1, 0.15) is 41.6 Å². The van der Waals surface area contributed by atoms with Crippen LogP contribution in [0.5, 0.6) is 0 Å². The smallest absolute Gasteiger partial charge is 0.475 e. The van der Waals surface area contributed by atoms with Gasteiger partial charge < -0.3 is 10.4 Å². The van der Waals surface area contributed by atoms with Gasteiger partial charge in [0.2, 0.25) is 0 Å². The van der Waals surface area contributed by atoms with Gasteiger partial charge in [0.15, 0.2) is 0 Å². The molecule has 2 N–H and O–H groups in total. The molecule has 0 saturated carbocycles. The minimum Gasteiger partial charge on any atom is -0.475 e. The number of carbonyl (C=O) groups is 1. The third-order valence-corrected chi connectivity index (χ3v) is 5.15. The van der Waals surface area contributed by atoms with Crippen LogP contribution in [0.2, 0.25) is 0 Å². The molecule has 1 aliphatic rings. The van der Waals surface area contributed by atoms with E-state index in [-0.39, 0.29) is 18.0 Å². The highest BCUT2D eigenvalue weighted by Crippen LogP contribution is 2.38. The summed E-state index contributed by atoms with van der Waals surface area (Å²) < 4.78 is 31.7. The number of nitrogens with zero attached hydrogens (tertiary/aromatic N) is 1. The first kappa shape index (κ1) is 23.1. The van der Waals surface area contributed by atoms with E-state index >= 15 is 0 Å². The molecule has 3 aromatic rings. The lowest BCUT2D eigenvalue weighted by atomic mass is 9.95. The molecule has 7 heteroatoms. The molecular weight excluding hydrogens is 417 g/mol. The summed E-state index contributed by atoms with van der Waals surface area (Å²) in [5.41, 5.74) is 3.81. The van der Waals surface area contributed by atoms with Crippen LogP contribution in [0, 0.1) is 0 Å². The molecule has 0 amide bonds. The van der Waals surface area contributed by atoms with Crippen molar-refractivity contribution in [1.82, 2.24) is 5.32 Å². The van der Waals surface area contributed by atoms with Gasteiger partial charge in [0.1, 0.15) is 11.9 Å². The summed E-state index contributed by atoms with van der Waals surface area (Å²) in [6.07, 6.45) is -5.08. The Morgan fingerprint density at radius 3 is 1.78 bits per heavy atom. The Hall–Kier alpha value is -3.61. The van der Waals surface area contributed by atoms with Crippen molar-refractivity contribution >= 4 is 11.8 Å². The van der Waals surface area contributed by atoms with Gasteiger partial charge in [-0.1, -0.05) is 97.9 Å². The second kappa shape index (κ2) is 10.1. The van der Waals surface area contributed by atoms with Crippen LogP contribution in [0.15, 0.2) is 96.0 Å². The third kappa shape index (κ3) is 5.75. The van der Waals surface area contributed by atoms with Crippen molar-refractivity contribution in [1.29, 1.82) is 0 Å². The molecule has 0 aromatic heterocycles. The van der Waals surface area contributed by atoms with E-state index in [0.717, 1.165) is 5.84 Å². The van der Waals surface area contributed by atoms with Crippen molar-refractivity contribution in [3.8, 4) is 0 Å². The van der Waals surface area contributed by atoms with Gasteiger partial charge in [-0.2, -0.15) is 13.2 Å². The topological polar surface area (TPSA) is 61.7 Å². The molecular formula is C25H23F3N2O2. The summed E-state index contributed by atoms with van der Waals surface area (Å²) in [4.78, 5) is 14.0. The van der Waals surface area contributed by atoms with Gasteiger partial charge in [-0.25, -0.2) is 4.79 Å². The lowest BCUT2D eigenvalue weighted by Gasteiger charge is -2.20. The number of hydrogen-bond acceptors (Lipinski definition) is 3. The number of nitrogens with one attached hydrogen (secondary N) is 1. The van der Waals surface area contributed by atoms with Gasteiger partial charge in [-0.15, -0.1) is 0 Å². The van der Waals surface area contributed by atoms with E-state index in [1.807, 2.05) is 0 Å². The third-order valence-electron chi connectivity index (χ3n) is 5.15. The molecule has 166 valence electrons. The first-order valence-electron chi connectivity index (χ1n) is 10.1. The Bertz CT molecular complexity index is 1040. The van der Waals surface area contributed by atoms with Gasteiger partial charge >= 0.3 is 12.1 Å². The Balaban J connectivity index is 0.000000360. The van der Waals surface area contributed by atoms with Crippen molar-refractivity contribution < 1.29 is 23.1 Å². The van der Waals surface area contributed by atoms with E-state index < -0.39 is 12.1 Å². The fourth-order valence-electron chi connectivity index (χ4n) is 3.48. The van der Waals surface area contributed by atoms with E-state index in [1.165, 1.54) is 16.7 Å². The Morgan fingerprint density at radius 2 is 1.31 bits per heavy atom. The van der Waals surface area contributed by atoms with Crippen LogP contribution in [0.25, 0.3) is 0 Å². The van der Waals surface area contributed by atoms with Crippen molar-refractivity contribution in [3.05, 3.63) is 108 Å². The van der Waals surface area contributed by atoms with Gasteiger partial charge in [0.25, 0.3) is 0 Å². The van der Waals surface area contributed by atoms with Gasteiger partial charge in [-0.05, 0) is 16.7 Å². The minimum absolute atomic E-state index is 0.102. The molecule has 0 spiro atoms. The molecule has 0 radical (unpaired) electrons. The molecule has 3 atom stereocenters. The highest BCUT2D eigenvalue weighted by Gasteiger charge is 2.38. The summed E-state index contributed by atoms with van der Waals surface area (Å²) in [6, 6.07) is 32.0. The average molecular weight is 440 g/mol. The lowest BCUT2D eigenvalue weighted by Crippen LogP contribution is -2.27. The number of alkyl halides is 3. The molecule has 0 fully saturated rings. The van der Waals surface area contributed by atoms with Crippen molar-refractivity contribution in [3.63, 3.8) is 0 Å². The largest absolute Gasteiger partial charge is 0.490 e. The SMILES string of the molecule is C[C@H](C1=N[C@H](c2ccccc2)[C@H](c2ccccc2)N1)c1ccccc1.O=C(O)C(F)(F)F. The lowest BCUT2D eigenvalue weighted by molar-refractivity contribution is -0.192. The second-order valence-electron chi connectivity index (χ2n) is 7.34. The fraction of sp³-hybridized carbons (Fsp3) is 0.200. The van der Waals surface area contributed by atoms with Gasteiger partial charge in [0.05, 0.1) is 6.04 Å². The zero-order chi connectivity index (χ0) is 23.1. The number of halogens is 3. The normalized spacial score (nSPS) is 18.6. The summed E-state index contributed by atoms with van der Waals surface area (Å²) in [6.45, 7) is 2.22. The van der Waals surface area contributed by atoms with Crippen LogP contribution in [0.4, 0.5) is 13.2 Å². The van der Waals surface area contributed by atoms with Crippen LogP contribution in [-0.2, 0) is 4.79 Å². The molecule has 4 nitrogen and oxygen atoms in total. The Labute approximate surface area is 184 Å². The van der Waals surface area contributed by atoms with Crippen LogP contribution >= 0.6 is 0 Å². The van der Waals surface area contributed by atoms with Crippen molar-refractivity contribution in [2.24, 2.45) is 4.99 Å². The molecule has 4 rings (SSSR count). The van der Waals surface area contributed by atoms with Crippen LogP contribution < -0.4 is 5.32 Å². The number of rotatable bonds is 4. The molecule has 1 aliphatic heterocycles. The van der Waals surface area contributed by atoms with Crippen molar-refractivity contribution in [2.75, 3.05) is 0 Å². The molecule has 32 heavy (non-hydrogen) atoms.